The summed E-state index contributed by atoms with van der Waals surface area (Å²) in [7, 11) is 3.22. The average molecular weight is 345 g/mol. The van der Waals surface area contributed by atoms with E-state index in [9.17, 15) is 9.90 Å². The molecule has 0 bridgehead atoms. The van der Waals surface area contributed by atoms with Gasteiger partial charge in [-0.25, -0.2) is 0 Å². The molecule has 0 saturated carbocycles. The highest BCUT2D eigenvalue weighted by Gasteiger charge is 2.28. The van der Waals surface area contributed by atoms with E-state index in [1.54, 1.807) is 24.1 Å². The molecule has 1 saturated heterocycles. The van der Waals surface area contributed by atoms with E-state index < -0.39 is 6.04 Å². The van der Waals surface area contributed by atoms with Crippen molar-refractivity contribution in [3.63, 3.8) is 0 Å². The maximum Gasteiger partial charge on any atom is 0.239 e. The topological polar surface area (TPSA) is 85.0 Å². The summed E-state index contributed by atoms with van der Waals surface area (Å²) in [6, 6.07) is 4.60. The van der Waals surface area contributed by atoms with Crippen molar-refractivity contribution in [1.29, 1.82) is 0 Å². The van der Waals surface area contributed by atoms with Crippen LogP contribution in [0.3, 0.4) is 0 Å². The van der Waals surface area contributed by atoms with Gasteiger partial charge in [-0.15, -0.1) is 12.4 Å². The van der Waals surface area contributed by atoms with Crippen LogP contribution < -0.4 is 10.5 Å². The summed E-state index contributed by atoms with van der Waals surface area (Å²) in [6.45, 7) is 1.73. The largest absolute Gasteiger partial charge is 0.504 e. The number of halogens is 1. The molecule has 7 heteroatoms. The van der Waals surface area contributed by atoms with Gasteiger partial charge in [0.25, 0.3) is 0 Å². The van der Waals surface area contributed by atoms with Crippen LogP contribution in [0.1, 0.15) is 18.4 Å². The quantitative estimate of drug-likeness (QED) is 0.846. The summed E-state index contributed by atoms with van der Waals surface area (Å²) in [6.07, 6.45) is 1.65. The van der Waals surface area contributed by atoms with Crippen LogP contribution in [0.25, 0.3) is 0 Å². The lowest BCUT2D eigenvalue weighted by molar-refractivity contribution is -0.133. The average Bonchev–Trinajstić information content (AvgIpc) is 2.54. The zero-order valence-corrected chi connectivity index (χ0v) is 14.3. The van der Waals surface area contributed by atoms with Crippen molar-refractivity contribution < 1.29 is 19.4 Å². The van der Waals surface area contributed by atoms with Gasteiger partial charge in [-0.05, 0) is 36.5 Å². The number of nitrogens with two attached hydrogens (primary N) is 1. The third-order valence-electron chi connectivity index (χ3n) is 4.10. The molecule has 0 spiro atoms. The van der Waals surface area contributed by atoms with Crippen molar-refractivity contribution in [1.82, 2.24) is 4.90 Å². The summed E-state index contributed by atoms with van der Waals surface area (Å²) in [5.74, 6) is 0.571. The monoisotopic (exact) mass is 344 g/mol. The summed E-state index contributed by atoms with van der Waals surface area (Å²) >= 11 is 0. The van der Waals surface area contributed by atoms with Gasteiger partial charge in [0.05, 0.1) is 13.2 Å². The first-order chi connectivity index (χ1) is 10.5. The molecule has 6 nitrogen and oxygen atoms in total. The summed E-state index contributed by atoms with van der Waals surface area (Å²) in [5, 5.41) is 9.79. The van der Waals surface area contributed by atoms with Crippen molar-refractivity contribution in [3.8, 4) is 11.5 Å². The van der Waals surface area contributed by atoms with Gasteiger partial charge in [-0.2, -0.15) is 0 Å². The number of phenols is 1. The minimum absolute atomic E-state index is 0. The van der Waals surface area contributed by atoms with Crippen LogP contribution in [0.15, 0.2) is 18.2 Å². The fraction of sp³-hybridized carbons (Fsp3) is 0.562. The summed E-state index contributed by atoms with van der Waals surface area (Å²) < 4.78 is 10.3. The number of aromatic hydroxyl groups is 1. The van der Waals surface area contributed by atoms with E-state index in [0.717, 1.165) is 18.4 Å². The number of hydrogen-bond donors (Lipinski definition) is 2. The Balaban J connectivity index is 0.00000264. The number of likely N-dealkylation sites (N-methyl/N-ethyl adjacent to an activating group) is 1. The Morgan fingerprint density at radius 2 is 2.13 bits per heavy atom. The number of nitrogens with zero attached hydrogens (tertiary/aromatic N) is 1. The van der Waals surface area contributed by atoms with E-state index in [4.69, 9.17) is 15.2 Å². The first kappa shape index (κ1) is 19.5. The first-order valence-electron chi connectivity index (χ1n) is 7.47. The van der Waals surface area contributed by atoms with Gasteiger partial charge in [0.15, 0.2) is 11.5 Å². The third-order valence-corrected chi connectivity index (χ3v) is 4.10. The lowest BCUT2D eigenvalue weighted by Gasteiger charge is -2.29. The molecular weight excluding hydrogens is 320 g/mol. The fourth-order valence-electron chi connectivity index (χ4n) is 2.72. The van der Waals surface area contributed by atoms with Gasteiger partial charge in [-0.3, -0.25) is 4.79 Å². The second kappa shape index (κ2) is 8.96. The predicted molar refractivity (Wildman–Crippen MR) is 89.9 cm³/mol. The molecule has 0 radical (unpaired) electrons. The molecule has 0 aromatic heterocycles. The third kappa shape index (κ3) is 4.99. The minimum atomic E-state index is -0.499. The summed E-state index contributed by atoms with van der Waals surface area (Å²) in [5.41, 5.74) is 6.93. The fourth-order valence-corrected chi connectivity index (χ4v) is 2.72. The maximum atomic E-state index is 12.4. The highest BCUT2D eigenvalue weighted by atomic mass is 35.5. The number of ether oxygens (including phenoxy) is 2. The first-order valence-corrected chi connectivity index (χ1v) is 7.47. The molecule has 2 rings (SSSR count). The molecule has 130 valence electrons. The van der Waals surface area contributed by atoms with Gasteiger partial charge >= 0.3 is 0 Å². The van der Waals surface area contributed by atoms with Crippen molar-refractivity contribution >= 4 is 18.3 Å². The van der Waals surface area contributed by atoms with E-state index in [0.29, 0.717) is 25.5 Å². The van der Waals surface area contributed by atoms with Gasteiger partial charge in [0.1, 0.15) is 0 Å². The lowest BCUT2D eigenvalue weighted by atomic mass is 9.91. The predicted octanol–water partition coefficient (Wildman–Crippen LogP) is 1.53. The number of benzene rings is 1. The van der Waals surface area contributed by atoms with E-state index in [-0.39, 0.29) is 30.0 Å². The Hall–Kier alpha value is -1.50. The van der Waals surface area contributed by atoms with Crippen LogP contribution in [-0.2, 0) is 16.1 Å². The Labute approximate surface area is 143 Å². The molecule has 1 unspecified atom stereocenters. The van der Waals surface area contributed by atoms with Crippen molar-refractivity contribution in [2.24, 2.45) is 11.7 Å². The molecule has 1 aliphatic heterocycles. The highest BCUT2D eigenvalue weighted by molar-refractivity contribution is 5.85. The zero-order valence-electron chi connectivity index (χ0n) is 13.5. The number of methoxy groups -OCH3 is 1. The Morgan fingerprint density at radius 3 is 2.70 bits per heavy atom. The number of amides is 1. The van der Waals surface area contributed by atoms with Crippen molar-refractivity contribution in [3.05, 3.63) is 23.8 Å². The number of phenolic OH excluding ortho intramolecular Hbond substituents is 1. The molecule has 1 heterocycles. The van der Waals surface area contributed by atoms with Crippen molar-refractivity contribution in [2.45, 2.75) is 25.4 Å². The highest BCUT2D eigenvalue weighted by Crippen LogP contribution is 2.27. The SMILES string of the molecule is COc1ccc(CN(C)C(=O)C(N)C2CCOCC2)cc1O.Cl. The van der Waals surface area contributed by atoms with Crippen LogP contribution in [0.2, 0.25) is 0 Å². The van der Waals surface area contributed by atoms with Gasteiger partial charge in [-0.1, -0.05) is 6.07 Å². The standard InChI is InChI=1S/C16H24N2O4.ClH/c1-18(10-11-3-4-14(21-2)13(19)9-11)16(20)15(17)12-5-7-22-8-6-12;/h3-4,9,12,15,19H,5-8,10,17H2,1-2H3;1H. The zero-order chi connectivity index (χ0) is 16.1. The molecule has 1 aromatic carbocycles. The number of carbonyl (C=O) groups excluding carboxylic acids is 1. The molecular formula is C16H25ClN2O4. The smallest absolute Gasteiger partial charge is 0.239 e. The normalized spacial score (nSPS) is 16.3. The van der Waals surface area contributed by atoms with Crippen LogP contribution in [0.5, 0.6) is 11.5 Å². The molecule has 0 aliphatic carbocycles. The molecule has 1 aliphatic rings. The van der Waals surface area contributed by atoms with Crippen LogP contribution in [0.4, 0.5) is 0 Å². The molecule has 1 atom stereocenters. The molecule has 1 aromatic rings. The van der Waals surface area contributed by atoms with Crippen molar-refractivity contribution in [2.75, 3.05) is 27.4 Å². The van der Waals surface area contributed by atoms with Gasteiger partial charge < -0.3 is 25.2 Å². The van der Waals surface area contributed by atoms with Crippen LogP contribution in [0, 0.1) is 5.92 Å². The van der Waals surface area contributed by atoms with Gasteiger partial charge in [0, 0.05) is 26.8 Å². The molecule has 3 N–H and O–H groups in total. The lowest BCUT2D eigenvalue weighted by Crippen LogP contribution is -2.47. The Bertz CT molecular complexity index is 521. The summed E-state index contributed by atoms with van der Waals surface area (Å²) in [4.78, 5) is 14.0. The minimum Gasteiger partial charge on any atom is -0.504 e. The van der Waals surface area contributed by atoms with E-state index >= 15 is 0 Å². The van der Waals surface area contributed by atoms with E-state index in [1.165, 1.54) is 7.11 Å². The van der Waals surface area contributed by atoms with Crippen LogP contribution >= 0.6 is 12.4 Å². The van der Waals surface area contributed by atoms with E-state index in [1.807, 2.05) is 6.07 Å². The van der Waals surface area contributed by atoms with Crippen LogP contribution in [-0.4, -0.2) is 49.3 Å². The van der Waals surface area contributed by atoms with Gasteiger partial charge in [0.2, 0.25) is 5.91 Å². The number of carbonyl (C=O) groups is 1. The Kier molecular flexibility index (Phi) is 7.61. The molecule has 1 fully saturated rings. The Morgan fingerprint density at radius 1 is 1.48 bits per heavy atom. The number of rotatable bonds is 5. The second-order valence-electron chi connectivity index (χ2n) is 5.68. The second-order valence-corrected chi connectivity index (χ2v) is 5.68. The molecule has 23 heavy (non-hydrogen) atoms. The van der Waals surface area contributed by atoms with E-state index in [2.05, 4.69) is 0 Å². The maximum absolute atomic E-state index is 12.4. The molecule has 1 amide bonds. The number of hydrogen-bond acceptors (Lipinski definition) is 5.